The molecule has 49 valence electrons. The van der Waals surface area contributed by atoms with Gasteiger partial charge in [-0.1, -0.05) is 6.58 Å². The predicted octanol–water partition coefficient (Wildman–Crippen LogP) is 0.937. The molecule has 0 aromatic rings. The Morgan fingerprint density at radius 3 is 2.67 bits per heavy atom. The van der Waals surface area contributed by atoms with Crippen LogP contribution in [0.2, 0.25) is 0 Å². The Hall–Kier alpha value is 0.314. The number of carbonyl (C=O) groups excluding carboxylic acids is 1. The van der Waals surface area contributed by atoms with Crippen molar-refractivity contribution in [3.63, 3.8) is 0 Å². The van der Waals surface area contributed by atoms with Crippen LogP contribution in [0.25, 0.3) is 0 Å². The summed E-state index contributed by atoms with van der Waals surface area (Å²) in [6, 6.07) is 0. The van der Waals surface area contributed by atoms with Crippen LogP contribution in [0.3, 0.4) is 0 Å². The van der Waals surface area contributed by atoms with E-state index in [1.807, 2.05) is 0 Å². The minimum Gasteiger partial charge on any atom is -0.465 e. The van der Waals surface area contributed by atoms with Gasteiger partial charge in [-0.05, 0) is 0 Å². The van der Waals surface area contributed by atoms with E-state index >= 15 is 0 Å². The second kappa shape index (κ2) is 8.31. The van der Waals surface area contributed by atoms with Crippen molar-refractivity contribution in [2.24, 2.45) is 0 Å². The van der Waals surface area contributed by atoms with Gasteiger partial charge in [0.05, 0.1) is 6.61 Å². The minimum atomic E-state index is -0.381. The molecule has 0 heterocycles. The topological polar surface area (TPSA) is 26.3 Å². The smallest absolute Gasteiger partial charge is 0.330 e. The summed E-state index contributed by atoms with van der Waals surface area (Å²) in [5.41, 5.74) is 0. The molecule has 0 atom stereocenters. The maximum absolute atomic E-state index is 10.2. The first-order valence-electron chi connectivity index (χ1n) is 2.39. The van der Waals surface area contributed by atoms with Crippen molar-refractivity contribution in [2.75, 3.05) is 6.61 Å². The summed E-state index contributed by atoms with van der Waals surface area (Å²) in [6.07, 6.45) is 1.75. The van der Waals surface area contributed by atoms with Gasteiger partial charge in [0, 0.05) is 38.8 Å². The molecule has 9 heavy (non-hydrogen) atoms. The van der Waals surface area contributed by atoms with Crippen LogP contribution in [0.1, 0.15) is 6.42 Å². The van der Waals surface area contributed by atoms with Gasteiger partial charge in [0.15, 0.2) is 0 Å². The summed E-state index contributed by atoms with van der Waals surface area (Å²) in [6.45, 7) is 7.08. The SMILES string of the molecule is C=CC(=O)OCC[CH2-].[Y]. The third kappa shape index (κ3) is 8.31. The summed E-state index contributed by atoms with van der Waals surface area (Å²) in [4.78, 5) is 10.2. The van der Waals surface area contributed by atoms with Crippen LogP contribution >= 0.6 is 0 Å². The number of rotatable bonds is 3. The Morgan fingerprint density at radius 2 is 2.33 bits per heavy atom. The van der Waals surface area contributed by atoms with Gasteiger partial charge in [0.25, 0.3) is 0 Å². The first-order valence-corrected chi connectivity index (χ1v) is 2.39. The number of esters is 1. The molecule has 2 nitrogen and oxygen atoms in total. The van der Waals surface area contributed by atoms with E-state index < -0.39 is 0 Å². The summed E-state index contributed by atoms with van der Waals surface area (Å²) < 4.78 is 4.52. The molecule has 0 aliphatic heterocycles. The maximum atomic E-state index is 10.2. The normalized spacial score (nSPS) is 7.22. The monoisotopic (exact) mass is 202 g/mol. The zero-order chi connectivity index (χ0) is 6.41. The van der Waals surface area contributed by atoms with E-state index in [0.29, 0.717) is 13.0 Å². The average molecular weight is 202 g/mol. The zero-order valence-corrected chi connectivity index (χ0v) is 8.14. The first-order chi connectivity index (χ1) is 3.81. The molecule has 0 unspecified atom stereocenters. The van der Waals surface area contributed by atoms with Crippen molar-refractivity contribution in [1.82, 2.24) is 0 Å². The van der Waals surface area contributed by atoms with Crippen molar-refractivity contribution in [3.05, 3.63) is 19.6 Å². The van der Waals surface area contributed by atoms with E-state index in [4.69, 9.17) is 0 Å². The van der Waals surface area contributed by atoms with Crippen molar-refractivity contribution >= 4 is 5.97 Å². The van der Waals surface area contributed by atoms with E-state index in [2.05, 4.69) is 18.2 Å². The number of carbonyl (C=O) groups is 1. The van der Waals surface area contributed by atoms with E-state index in [0.717, 1.165) is 6.08 Å². The molecule has 0 aliphatic carbocycles. The van der Waals surface area contributed by atoms with Gasteiger partial charge in [-0.3, -0.25) is 0 Å². The molecular weight excluding hydrogens is 193 g/mol. The van der Waals surface area contributed by atoms with Crippen LogP contribution in [0.15, 0.2) is 12.7 Å². The number of ether oxygens (including phenoxy) is 1. The molecule has 0 fully saturated rings. The Balaban J connectivity index is 0. The standard InChI is InChI=1S/C6H9O2.Y/c1-3-5-8-6(7)4-2;/h4H,1-3,5H2;/q-1;. The van der Waals surface area contributed by atoms with E-state index in [1.54, 1.807) is 0 Å². The van der Waals surface area contributed by atoms with Crippen LogP contribution in [-0.2, 0) is 42.2 Å². The second-order valence-corrected chi connectivity index (χ2v) is 1.23. The van der Waals surface area contributed by atoms with E-state index in [9.17, 15) is 4.79 Å². The fourth-order valence-electron chi connectivity index (χ4n) is 0.232. The fourth-order valence-corrected chi connectivity index (χ4v) is 0.232. The van der Waals surface area contributed by atoms with Gasteiger partial charge in [0.1, 0.15) is 0 Å². The van der Waals surface area contributed by atoms with Gasteiger partial charge in [-0.2, -0.15) is 0 Å². The molecular formula is C6H9O2Y-. The van der Waals surface area contributed by atoms with Crippen molar-refractivity contribution in [3.8, 4) is 0 Å². The van der Waals surface area contributed by atoms with Gasteiger partial charge < -0.3 is 11.7 Å². The second-order valence-electron chi connectivity index (χ2n) is 1.23. The molecule has 0 saturated heterocycles. The Labute approximate surface area is 80.5 Å². The molecule has 3 heteroatoms. The molecule has 0 amide bonds. The summed E-state index contributed by atoms with van der Waals surface area (Å²) in [5, 5.41) is 0. The first kappa shape index (κ1) is 12.0. The van der Waals surface area contributed by atoms with Crippen LogP contribution in [-0.4, -0.2) is 12.6 Å². The molecule has 0 rings (SSSR count). The van der Waals surface area contributed by atoms with Crippen LogP contribution in [0.5, 0.6) is 0 Å². The van der Waals surface area contributed by atoms with Crippen LogP contribution in [0, 0.1) is 6.92 Å². The Morgan fingerprint density at radius 1 is 1.78 bits per heavy atom. The van der Waals surface area contributed by atoms with E-state index in [1.165, 1.54) is 0 Å². The summed E-state index contributed by atoms with van der Waals surface area (Å²) in [5.74, 6) is -0.381. The van der Waals surface area contributed by atoms with Gasteiger partial charge in [-0.25, -0.2) is 4.79 Å². The maximum Gasteiger partial charge on any atom is 0.330 e. The quantitative estimate of drug-likeness (QED) is 0.386. The third-order valence-corrected chi connectivity index (χ3v) is 0.555. The summed E-state index contributed by atoms with van der Waals surface area (Å²) in [7, 11) is 0. The number of hydrogen-bond acceptors (Lipinski definition) is 2. The molecule has 0 spiro atoms. The Kier molecular flexibility index (Phi) is 11.1. The van der Waals surface area contributed by atoms with Gasteiger partial charge >= 0.3 is 5.97 Å². The van der Waals surface area contributed by atoms with Gasteiger partial charge in [0.2, 0.25) is 0 Å². The average Bonchev–Trinajstić information content (AvgIpc) is 1.83. The fraction of sp³-hybridized carbons (Fsp3) is 0.333. The molecule has 1 radical (unpaired) electrons. The molecule has 0 aliphatic rings. The third-order valence-electron chi connectivity index (χ3n) is 0.555. The van der Waals surface area contributed by atoms with Crippen molar-refractivity contribution in [1.29, 1.82) is 0 Å². The van der Waals surface area contributed by atoms with Crippen molar-refractivity contribution < 1.29 is 42.2 Å². The molecule has 0 bridgehead atoms. The largest absolute Gasteiger partial charge is 0.465 e. The van der Waals surface area contributed by atoms with E-state index in [-0.39, 0.29) is 38.7 Å². The van der Waals surface area contributed by atoms with Crippen molar-refractivity contribution in [2.45, 2.75) is 6.42 Å². The van der Waals surface area contributed by atoms with Crippen LogP contribution in [0.4, 0.5) is 0 Å². The molecule has 0 N–H and O–H groups in total. The summed E-state index contributed by atoms with van der Waals surface area (Å²) >= 11 is 0. The predicted molar refractivity (Wildman–Crippen MR) is 31.1 cm³/mol. The zero-order valence-electron chi connectivity index (χ0n) is 5.30. The van der Waals surface area contributed by atoms with Gasteiger partial charge in [-0.15, -0.1) is 6.42 Å². The molecule has 0 aromatic carbocycles. The van der Waals surface area contributed by atoms with Crippen LogP contribution < -0.4 is 0 Å². The molecule has 0 saturated carbocycles. The number of hydrogen-bond donors (Lipinski definition) is 0. The molecule has 0 aromatic heterocycles. The Bertz CT molecular complexity index is 91.1. The minimum absolute atomic E-state index is 0.